The van der Waals surface area contributed by atoms with Gasteiger partial charge in [0.2, 0.25) is 5.95 Å². The van der Waals surface area contributed by atoms with E-state index >= 15 is 0 Å². The van der Waals surface area contributed by atoms with Crippen molar-refractivity contribution >= 4 is 5.95 Å². The van der Waals surface area contributed by atoms with Crippen LogP contribution < -0.4 is 4.90 Å². The Morgan fingerprint density at radius 3 is 2.87 bits per heavy atom. The lowest BCUT2D eigenvalue weighted by Gasteiger charge is -2.16. The van der Waals surface area contributed by atoms with E-state index in [1.165, 1.54) is 6.07 Å². The number of anilines is 1. The van der Waals surface area contributed by atoms with E-state index in [9.17, 15) is 9.50 Å². The van der Waals surface area contributed by atoms with Gasteiger partial charge < -0.3 is 14.7 Å². The van der Waals surface area contributed by atoms with Gasteiger partial charge in [0.05, 0.1) is 18.4 Å². The third-order valence-corrected chi connectivity index (χ3v) is 4.08. The number of aryl methyl sites for hydroxylation is 1. The molecule has 0 aliphatic carbocycles. The second-order valence-electron chi connectivity index (χ2n) is 5.80. The van der Waals surface area contributed by atoms with E-state index in [1.807, 2.05) is 17.9 Å². The molecule has 0 saturated carbocycles. The molecule has 2 aromatic rings. The lowest BCUT2D eigenvalue weighted by Crippen LogP contribution is -2.23. The molecule has 1 fully saturated rings. The zero-order valence-electron chi connectivity index (χ0n) is 13.3. The normalized spacial score (nSPS) is 17.7. The molecule has 1 saturated heterocycles. The first-order valence-corrected chi connectivity index (χ1v) is 7.63. The second kappa shape index (κ2) is 6.60. The molecular weight excluding hydrogens is 297 g/mol. The minimum Gasteiger partial charge on any atom is -0.391 e. The van der Waals surface area contributed by atoms with E-state index in [4.69, 9.17) is 4.74 Å². The Morgan fingerprint density at radius 2 is 2.26 bits per heavy atom. The summed E-state index contributed by atoms with van der Waals surface area (Å²) in [6.07, 6.45) is 2.13. The molecule has 23 heavy (non-hydrogen) atoms. The summed E-state index contributed by atoms with van der Waals surface area (Å²) in [4.78, 5) is 10.9. The summed E-state index contributed by atoms with van der Waals surface area (Å²) in [6, 6.07) is 5.06. The number of nitrogens with zero attached hydrogens (tertiary/aromatic N) is 3. The van der Waals surface area contributed by atoms with Gasteiger partial charge >= 0.3 is 0 Å². The second-order valence-corrected chi connectivity index (χ2v) is 5.80. The van der Waals surface area contributed by atoms with Crippen molar-refractivity contribution in [3.8, 4) is 11.1 Å². The van der Waals surface area contributed by atoms with Crippen LogP contribution in [0.4, 0.5) is 10.3 Å². The summed E-state index contributed by atoms with van der Waals surface area (Å²) in [5.74, 6) is 0.315. The maximum absolute atomic E-state index is 14.1. The Kier molecular flexibility index (Phi) is 4.54. The smallest absolute Gasteiger partial charge is 0.225 e. The molecule has 5 nitrogen and oxygen atoms in total. The fourth-order valence-corrected chi connectivity index (χ4v) is 2.80. The van der Waals surface area contributed by atoms with Crippen LogP contribution in [-0.2, 0) is 11.3 Å². The summed E-state index contributed by atoms with van der Waals surface area (Å²) < 4.78 is 19.0. The standard InChI is InChI=1S/C17H20FN3O2/c1-11-15(12-3-4-13(10-23-2)16(18)7-12)8-19-17(20-11)21-6-5-14(22)9-21/h3-4,7-8,14,22H,5-6,9-10H2,1-2H3/t14-/m1/s1. The Bertz CT molecular complexity index is 708. The molecule has 6 heteroatoms. The van der Waals surface area contributed by atoms with Gasteiger partial charge in [-0.3, -0.25) is 0 Å². The zero-order valence-corrected chi connectivity index (χ0v) is 13.3. The Balaban J connectivity index is 1.87. The van der Waals surface area contributed by atoms with Crippen molar-refractivity contribution in [2.45, 2.75) is 26.1 Å². The van der Waals surface area contributed by atoms with Gasteiger partial charge in [-0.1, -0.05) is 12.1 Å². The number of rotatable bonds is 4. The fourth-order valence-electron chi connectivity index (χ4n) is 2.80. The quantitative estimate of drug-likeness (QED) is 0.938. The molecule has 1 aliphatic heterocycles. The monoisotopic (exact) mass is 317 g/mol. The van der Waals surface area contributed by atoms with Crippen LogP contribution in [0, 0.1) is 12.7 Å². The Labute approximate surface area is 134 Å². The number of benzene rings is 1. The third-order valence-electron chi connectivity index (χ3n) is 4.08. The van der Waals surface area contributed by atoms with Crippen molar-refractivity contribution in [2.75, 3.05) is 25.1 Å². The lowest BCUT2D eigenvalue weighted by molar-refractivity contribution is 0.181. The average molecular weight is 317 g/mol. The van der Waals surface area contributed by atoms with Crippen molar-refractivity contribution < 1.29 is 14.2 Å². The molecule has 122 valence electrons. The van der Waals surface area contributed by atoms with Crippen molar-refractivity contribution in [1.29, 1.82) is 0 Å². The highest BCUT2D eigenvalue weighted by Gasteiger charge is 2.22. The van der Waals surface area contributed by atoms with E-state index in [-0.39, 0.29) is 18.5 Å². The van der Waals surface area contributed by atoms with Crippen LogP contribution in [0.1, 0.15) is 17.7 Å². The molecule has 0 amide bonds. The molecule has 1 aromatic heterocycles. The summed E-state index contributed by atoms with van der Waals surface area (Å²) in [7, 11) is 1.54. The van der Waals surface area contributed by atoms with Crippen molar-refractivity contribution in [2.24, 2.45) is 0 Å². The van der Waals surface area contributed by atoms with Gasteiger partial charge in [-0.05, 0) is 25.0 Å². The van der Waals surface area contributed by atoms with Crippen molar-refractivity contribution in [1.82, 2.24) is 9.97 Å². The van der Waals surface area contributed by atoms with Gasteiger partial charge in [-0.2, -0.15) is 0 Å². The number of aliphatic hydroxyl groups excluding tert-OH is 1. The maximum atomic E-state index is 14.1. The SMILES string of the molecule is COCc1ccc(-c2cnc(N3CC[C@@H](O)C3)nc2C)cc1F. The minimum atomic E-state index is -0.319. The Morgan fingerprint density at radius 1 is 1.43 bits per heavy atom. The molecule has 1 aliphatic rings. The molecule has 0 radical (unpaired) electrons. The highest BCUT2D eigenvalue weighted by Crippen LogP contribution is 2.26. The highest BCUT2D eigenvalue weighted by atomic mass is 19.1. The van der Waals surface area contributed by atoms with E-state index in [0.29, 0.717) is 18.1 Å². The van der Waals surface area contributed by atoms with Crippen LogP contribution in [0.3, 0.4) is 0 Å². The average Bonchev–Trinajstić information content (AvgIpc) is 2.96. The van der Waals surface area contributed by atoms with Gasteiger partial charge in [0, 0.05) is 37.5 Å². The number of β-amino-alcohol motifs (C(OH)–C–C–N with tert-alkyl or cyclic N) is 1. The van der Waals surface area contributed by atoms with Crippen LogP contribution in [-0.4, -0.2) is 41.4 Å². The van der Waals surface area contributed by atoms with Gasteiger partial charge in [-0.15, -0.1) is 0 Å². The van der Waals surface area contributed by atoms with E-state index < -0.39 is 0 Å². The van der Waals surface area contributed by atoms with E-state index in [2.05, 4.69) is 9.97 Å². The number of aromatic nitrogens is 2. The number of aliphatic hydroxyl groups is 1. The van der Waals surface area contributed by atoms with Gasteiger partial charge in [-0.25, -0.2) is 14.4 Å². The third kappa shape index (κ3) is 3.33. The molecule has 1 aromatic carbocycles. The lowest BCUT2D eigenvalue weighted by atomic mass is 10.0. The molecule has 0 spiro atoms. The van der Waals surface area contributed by atoms with Crippen LogP contribution in [0.25, 0.3) is 11.1 Å². The molecule has 1 N–H and O–H groups in total. The number of hydrogen-bond donors (Lipinski definition) is 1. The van der Waals surface area contributed by atoms with E-state index in [0.717, 1.165) is 29.8 Å². The molecule has 0 unspecified atom stereocenters. The van der Waals surface area contributed by atoms with Gasteiger partial charge in [0.25, 0.3) is 0 Å². The van der Waals surface area contributed by atoms with Crippen LogP contribution in [0.5, 0.6) is 0 Å². The molecule has 3 rings (SSSR count). The molecule has 2 heterocycles. The van der Waals surface area contributed by atoms with Crippen LogP contribution in [0.2, 0.25) is 0 Å². The van der Waals surface area contributed by atoms with Crippen LogP contribution in [0.15, 0.2) is 24.4 Å². The summed E-state index contributed by atoms with van der Waals surface area (Å²) in [6.45, 7) is 3.44. The molecule has 1 atom stereocenters. The summed E-state index contributed by atoms with van der Waals surface area (Å²) in [5, 5.41) is 9.61. The Hall–Kier alpha value is -2.05. The minimum absolute atomic E-state index is 0.248. The summed E-state index contributed by atoms with van der Waals surface area (Å²) >= 11 is 0. The van der Waals surface area contributed by atoms with Gasteiger partial charge in [0.1, 0.15) is 5.82 Å². The van der Waals surface area contributed by atoms with Gasteiger partial charge in [0.15, 0.2) is 0 Å². The topological polar surface area (TPSA) is 58.5 Å². The molecular formula is C17H20FN3O2. The fraction of sp³-hybridized carbons (Fsp3) is 0.412. The highest BCUT2D eigenvalue weighted by molar-refractivity contribution is 5.66. The number of halogens is 1. The van der Waals surface area contributed by atoms with Crippen molar-refractivity contribution in [3.63, 3.8) is 0 Å². The molecule has 0 bridgehead atoms. The number of ether oxygens (including phenoxy) is 1. The number of hydrogen-bond acceptors (Lipinski definition) is 5. The predicted octanol–water partition coefficient (Wildman–Crippen LogP) is 2.31. The largest absolute Gasteiger partial charge is 0.391 e. The van der Waals surface area contributed by atoms with E-state index in [1.54, 1.807) is 19.4 Å². The predicted molar refractivity (Wildman–Crippen MR) is 85.7 cm³/mol. The zero-order chi connectivity index (χ0) is 16.4. The van der Waals surface area contributed by atoms with Crippen molar-refractivity contribution in [3.05, 3.63) is 41.5 Å². The first-order valence-electron chi connectivity index (χ1n) is 7.63. The number of methoxy groups -OCH3 is 1. The first kappa shape index (κ1) is 15.8. The maximum Gasteiger partial charge on any atom is 0.225 e. The summed E-state index contributed by atoms with van der Waals surface area (Å²) in [5.41, 5.74) is 2.86. The van der Waals surface area contributed by atoms with Crippen LogP contribution >= 0.6 is 0 Å². The first-order chi connectivity index (χ1) is 11.1.